The van der Waals surface area contributed by atoms with Crippen LogP contribution in [0, 0.1) is 0 Å². The van der Waals surface area contributed by atoms with E-state index in [1.165, 1.54) is 0 Å². The topological polar surface area (TPSA) is 49.8 Å². The Hall–Kier alpha value is -1.62. The molecular weight excluding hydrogens is 226 g/mol. The molecule has 0 aliphatic carbocycles. The van der Waals surface area contributed by atoms with E-state index in [9.17, 15) is 4.79 Å². The van der Waals surface area contributed by atoms with Crippen molar-refractivity contribution in [2.75, 3.05) is 13.2 Å². The van der Waals surface area contributed by atoms with E-state index >= 15 is 0 Å². The highest BCUT2D eigenvalue weighted by Crippen LogP contribution is 2.11. The summed E-state index contributed by atoms with van der Waals surface area (Å²) in [6.45, 7) is 2.09. The number of ether oxygens (including phenoxy) is 1. The van der Waals surface area contributed by atoms with Gasteiger partial charge >= 0.3 is 5.97 Å². The average molecular weight is 237 g/mol. The normalized spacial score (nSPS) is 15.0. The lowest BCUT2D eigenvalue weighted by Crippen LogP contribution is -2.23. The highest BCUT2D eigenvalue weighted by atomic mass is 32.1. The second kappa shape index (κ2) is 4.49. The molecule has 0 saturated carbocycles. The van der Waals surface area contributed by atoms with Crippen LogP contribution >= 0.6 is 12.2 Å². The molecule has 0 bridgehead atoms. The minimum atomic E-state index is -0.911. The van der Waals surface area contributed by atoms with Crippen LogP contribution in [0.15, 0.2) is 24.3 Å². The lowest BCUT2D eigenvalue weighted by atomic mass is 10.1. The molecule has 1 aliphatic rings. The van der Waals surface area contributed by atoms with Crippen LogP contribution in [0.2, 0.25) is 0 Å². The molecule has 1 saturated heterocycles. The predicted molar refractivity (Wildman–Crippen MR) is 62.4 cm³/mol. The first-order valence-electron chi connectivity index (χ1n) is 4.91. The smallest absolute Gasteiger partial charge is 0.335 e. The Kier molecular flexibility index (Phi) is 3.05. The van der Waals surface area contributed by atoms with Gasteiger partial charge in [-0.15, -0.1) is 0 Å². The van der Waals surface area contributed by atoms with Gasteiger partial charge in [-0.2, -0.15) is 0 Å². The number of nitrogens with zero attached hydrogens (tertiary/aromatic N) is 1. The molecule has 1 N–H and O–H groups in total. The van der Waals surface area contributed by atoms with Gasteiger partial charge in [-0.3, -0.25) is 0 Å². The molecule has 1 aromatic carbocycles. The minimum Gasteiger partial charge on any atom is -0.478 e. The van der Waals surface area contributed by atoms with Crippen molar-refractivity contribution in [2.24, 2.45) is 0 Å². The van der Waals surface area contributed by atoms with Gasteiger partial charge in [0.15, 0.2) is 0 Å². The molecule has 0 aromatic heterocycles. The van der Waals surface area contributed by atoms with Crippen molar-refractivity contribution in [1.29, 1.82) is 0 Å². The summed E-state index contributed by atoms with van der Waals surface area (Å²) in [6, 6.07) is 6.78. The van der Waals surface area contributed by atoms with Gasteiger partial charge in [0.1, 0.15) is 6.61 Å². The highest BCUT2D eigenvalue weighted by Gasteiger charge is 2.17. The summed E-state index contributed by atoms with van der Waals surface area (Å²) < 4.78 is 5.16. The van der Waals surface area contributed by atoms with E-state index in [1.54, 1.807) is 24.3 Å². The fourth-order valence-corrected chi connectivity index (χ4v) is 1.78. The van der Waals surface area contributed by atoms with Crippen LogP contribution in [0.5, 0.6) is 0 Å². The molecule has 0 atom stereocenters. The molecule has 4 nitrogen and oxygen atoms in total. The molecule has 0 spiro atoms. The molecule has 0 radical (unpaired) electrons. The summed E-state index contributed by atoms with van der Waals surface area (Å²) in [4.78, 5) is 12.6. The number of carboxylic acids is 1. The van der Waals surface area contributed by atoms with Gasteiger partial charge in [-0.05, 0) is 29.9 Å². The molecule has 1 fully saturated rings. The van der Waals surface area contributed by atoms with E-state index in [0.29, 0.717) is 23.9 Å². The van der Waals surface area contributed by atoms with Crippen LogP contribution in [-0.2, 0) is 11.3 Å². The van der Waals surface area contributed by atoms with Crippen molar-refractivity contribution in [3.8, 4) is 0 Å². The van der Waals surface area contributed by atoms with Gasteiger partial charge in [0.05, 0.1) is 12.1 Å². The fraction of sp³-hybridized carbons (Fsp3) is 0.273. The van der Waals surface area contributed by atoms with E-state index in [0.717, 1.165) is 12.1 Å². The quantitative estimate of drug-likeness (QED) is 0.807. The zero-order chi connectivity index (χ0) is 11.5. The van der Waals surface area contributed by atoms with Crippen molar-refractivity contribution in [1.82, 2.24) is 4.90 Å². The first kappa shape index (κ1) is 10.9. The number of hydrogen-bond acceptors (Lipinski definition) is 3. The molecule has 1 aliphatic heterocycles. The van der Waals surface area contributed by atoms with Crippen LogP contribution in [-0.4, -0.2) is 34.3 Å². The van der Waals surface area contributed by atoms with Crippen molar-refractivity contribution in [2.45, 2.75) is 6.54 Å². The minimum absolute atomic E-state index is 0.295. The Morgan fingerprint density at radius 1 is 1.44 bits per heavy atom. The molecule has 16 heavy (non-hydrogen) atoms. The van der Waals surface area contributed by atoms with Gasteiger partial charge in [0.25, 0.3) is 5.17 Å². The molecule has 1 heterocycles. The number of carboxylic acid groups (broad SMARTS) is 1. The first-order valence-corrected chi connectivity index (χ1v) is 5.31. The Labute approximate surface area is 98.4 Å². The van der Waals surface area contributed by atoms with Crippen LogP contribution in [0.3, 0.4) is 0 Å². The maximum Gasteiger partial charge on any atom is 0.335 e. The van der Waals surface area contributed by atoms with Gasteiger partial charge in [0.2, 0.25) is 0 Å². The molecule has 5 heteroatoms. The molecule has 0 unspecified atom stereocenters. The monoisotopic (exact) mass is 237 g/mol. The van der Waals surface area contributed by atoms with Gasteiger partial charge in [0, 0.05) is 6.54 Å². The zero-order valence-electron chi connectivity index (χ0n) is 8.55. The van der Waals surface area contributed by atoms with Gasteiger partial charge in [-0.1, -0.05) is 12.1 Å². The van der Waals surface area contributed by atoms with Crippen molar-refractivity contribution < 1.29 is 14.6 Å². The Bertz CT molecular complexity index is 416. The third kappa shape index (κ3) is 2.30. The summed E-state index contributed by atoms with van der Waals surface area (Å²) in [7, 11) is 0. The van der Waals surface area contributed by atoms with Gasteiger partial charge in [-0.25, -0.2) is 4.79 Å². The van der Waals surface area contributed by atoms with Crippen molar-refractivity contribution in [3.05, 3.63) is 35.4 Å². The number of carbonyl (C=O) groups is 1. The number of hydrogen-bond donors (Lipinski definition) is 1. The Morgan fingerprint density at radius 3 is 2.62 bits per heavy atom. The van der Waals surface area contributed by atoms with Gasteiger partial charge < -0.3 is 14.7 Å². The summed E-state index contributed by atoms with van der Waals surface area (Å²) in [5.74, 6) is -0.911. The molecule has 84 valence electrons. The van der Waals surface area contributed by atoms with Crippen molar-refractivity contribution in [3.63, 3.8) is 0 Å². The lowest BCUT2D eigenvalue weighted by molar-refractivity contribution is 0.0697. The van der Waals surface area contributed by atoms with E-state index in [2.05, 4.69) is 0 Å². The maximum absolute atomic E-state index is 10.7. The third-order valence-corrected chi connectivity index (χ3v) is 2.80. The summed E-state index contributed by atoms with van der Waals surface area (Å²) in [6.07, 6.45) is 0. The van der Waals surface area contributed by atoms with Crippen molar-refractivity contribution >= 4 is 23.4 Å². The zero-order valence-corrected chi connectivity index (χ0v) is 9.37. The second-order valence-corrected chi connectivity index (χ2v) is 3.89. The van der Waals surface area contributed by atoms with Crippen LogP contribution in [0.4, 0.5) is 0 Å². The highest BCUT2D eigenvalue weighted by molar-refractivity contribution is 7.80. The fourth-order valence-electron chi connectivity index (χ4n) is 1.54. The van der Waals surface area contributed by atoms with E-state index < -0.39 is 5.97 Å². The van der Waals surface area contributed by atoms with E-state index in [4.69, 9.17) is 22.1 Å². The number of thiocarbonyl (C=S) groups is 1. The van der Waals surface area contributed by atoms with E-state index in [-0.39, 0.29) is 0 Å². The Morgan fingerprint density at radius 2 is 2.12 bits per heavy atom. The first-order chi connectivity index (χ1) is 7.66. The summed E-state index contributed by atoms with van der Waals surface area (Å²) in [5, 5.41) is 9.27. The molecule has 1 aromatic rings. The van der Waals surface area contributed by atoms with Crippen LogP contribution in [0.25, 0.3) is 0 Å². The van der Waals surface area contributed by atoms with E-state index in [1.807, 2.05) is 4.90 Å². The van der Waals surface area contributed by atoms with Crippen LogP contribution in [0.1, 0.15) is 15.9 Å². The predicted octanol–water partition coefficient (Wildman–Crippen LogP) is 1.50. The molecular formula is C11H11NO3S. The molecule has 2 rings (SSSR count). The van der Waals surface area contributed by atoms with Crippen LogP contribution < -0.4 is 0 Å². The SMILES string of the molecule is O=C(O)c1ccc(CN2CCOC2=S)cc1. The molecule has 0 amide bonds. The lowest BCUT2D eigenvalue weighted by Gasteiger charge is -2.14. The largest absolute Gasteiger partial charge is 0.478 e. The maximum atomic E-state index is 10.7. The average Bonchev–Trinajstić information content (AvgIpc) is 2.65. The standard InChI is InChI=1S/C11H11NO3S/c13-10(14)9-3-1-8(2-4-9)7-12-5-6-15-11(12)16/h1-4H,5-7H2,(H,13,14). The number of aromatic carboxylic acids is 1. The second-order valence-electron chi connectivity index (χ2n) is 3.54. The number of benzene rings is 1. The third-order valence-electron chi connectivity index (χ3n) is 2.42. The Balaban J connectivity index is 2.05. The summed E-state index contributed by atoms with van der Waals surface area (Å²) >= 11 is 5.02. The number of rotatable bonds is 3. The summed E-state index contributed by atoms with van der Waals surface area (Å²) in [5.41, 5.74) is 1.32.